The van der Waals surface area contributed by atoms with Crippen LogP contribution in [0.3, 0.4) is 0 Å². The predicted octanol–water partition coefficient (Wildman–Crippen LogP) is 2.91. The Morgan fingerprint density at radius 1 is 1.12 bits per heavy atom. The molecule has 0 aliphatic carbocycles. The Bertz CT molecular complexity index is 1050. The third-order valence-corrected chi connectivity index (χ3v) is 6.50. The second-order valence-corrected chi connectivity index (χ2v) is 9.55. The minimum absolute atomic E-state index is 0.00279. The number of anilines is 1. The van der Waals surface area contributed by atoms with Crippen molar-refractivity contribution in [3.8, 4) is 5.75 Å². The van der Waals surface area contributed by atoms with E-state index in [2.05, 4.69) is 20.1 Å². The number of β-amino-alcohol motifs (C(OH)–C–C–N with tert-alkyl or cyclic N) is 1. The van der Waals surface area contributed by atoms with Crippen LogP contribution in [-0.2, 0) is 4.79 Å². The van der Waals surface area contributed by atoms with Crippen molar-refractivity contribution in [3.05, 3.63) is 53.0 Å². The van der Waals surface area contributed by atoms with Gasteiger partial charge in [0.25, 0.3) is 0 Å². The highest BCUT2D eigenvalue weighted by molar-refractivity contribution is 7.18. The zero-order chi connectivity index (χ0) is 22.5. The maximum absolute atomic E-state index is 12.3. The highest BCUT2D eigenvalue weighted by Crippen LogP contribution is 2.25. The van der Waals surface area contributed by atoms with Gasteiger partial charge in [-0.3, -0.25) is 14.6 Å². The number of fused-ring (bicyclic) bond motifs is 1. The standard InChI is InChI=1S/C24H30N4O3S/c1-17-3-5-19(6-4-17)26-24(30)15-28-11-9-27(10-12-28)14-20(29)16-31-21-7-8-23-22(13-21)25-18(2)32-23/h3-8,13,20,29H,9-12,14-16H2,1-2H3,(H,26,30)/t20-/m1/s1. The third kappa shape index (κ3) is 6.26. The van der Waals surface area contributed by atoms with Gasteiger partial charge in [0.2, 0.25) is 5.91 Å². The highest BCUT2D eigenvalue weighted by atomic mass is 32.1. The van der Waals surface area contributed by atoms with E-state index in [1.54, 1.807) is 11.3 Å². The summed E-state index contributed by atoms with van der Waals surface area (Å²) in [6.45, 7) is 8.43. The molecule has 0 spiro atoms. The van der Waals surface area contributed by atoms with Crippen LogP contribution in [0, 0.1) is 13.8 Å². The second-order valence-electron chi connectivity index (χ2n) is 8.32. The Morgan fingerprint density at radius 2 is 1.84 bits per heavy atom. The third-order valence-electron chi connectivity index (χ3n) is 5.54. The normalized spacial score (nSPS) is 16.2. The minimum atomic E-state index is -0.570. The Kier molecular flexibility index (Phi) is 7.36. The Labute approximate surface area is 192 Å². The summed E-state index contributed by atoms with van der Waals surface area (Å²) >= 11 is 1.66. The molecule has 2 heterocycles. The number of carbonyl (C=O) groups excluding carboxylic acids is 1. The number of aliphatic hydroxyl groups excluding tert-OH is 1. The van der Waals surface area contributed by atoms with Crippen LogP contribution in [-0.4, -0.2) is 77.8 Å². The minimum Gasteiger partial charge on any atom is -0.491 e. The van der Waals surface area contributed by atoms with Crippen molar-refractivity contribution in [1.82, 2.24) is 14.8 Å². The summed E-state index contributed by atoms with van der Waals surface area (Å²) in [6, 6.07) is 13.7. The molecule has 32 heavy (non-hydrogen) atoms. The molecule has 1 aromatic heterocycles. The molecule has 8 heteroatoms. The second kappa shape index (κ2) is 10.4. The Morgan fingerprint density at radius 3 is 2.59 bits per heavy atom. The van der Waals surface area contributed by atoms with E-state index in [-0.39, 0.29) is 12.5 Å². The molecule has 0 radical (unpaired) electrons. The number of aryl methyl sites for hydroxylation is 2. The maximum Gasteiger partial charge on any atom is 0.238 e. The van der Waals surface area contributed by atoms with E-state index in [1.807, 2.05) is 56.3 Å². The van der Waals surface area contributed by atoms with Crippen molar-refractivity contribution in [3.63, 3.8) is 0 Å². The van der Waals surface area contributed by atoms with Gasteiger partial charge in [0.15, 0.2) is 0 Å². The molecule has 0 saturated carbocycles. The SMILES string of the molecule is Cc1ccc(NC(=O)CN2CCN(C[C@@H](O)COc3ccc4sc(C)nc4c3)CC2)cc1. The first-order valence-electron chi connectivity index (χ1n) is 10.9. The number of carbonyl (C=O) groups is 1. The number of thiazole rings is 1. The number of nitrogens with one attached hydrogen (secondary N) is 1. The molecule has 170 valence electrons. The average molecular weight is 455 g/mol. The van der Waals surface area contributed by atoms with Crippen molar-refractivity contribution >= 4 is 33.1 Å². The molecule has 7 nitrogen and oxygen atoms in total. The van der Waals surface area contributed by atoms with Crippen molar-refractivity contribution < 1.29 is 14.6 Å². The zero-order valence-electron chi connectivity index (χ0n) is 18.6. The van der Waals surface area contributed by atoms with E-state index in [1.165, 1.54) is 5.56 Å². The van der Waals surface area contributed by atoms with Gasteiger partial charge in [-0.2, -0.15) is 0 Å². The van der Waals surface area contributed by atoms with Gasteiger partial charge in [-0.1, -0.05) is 17.7 Å². The lowest BCUT2D eigenvalue weighted by atomic mass is 10.2. The zero-order valence-corrected chi connectivity index (χ0v) is 19.4. The van der Waals surface area contributed by atoms with Crippen LogP contribution in [0.15, 0.2) is 42.5 Å². The number of benzene rings is 2. The Hall–Kier alpha value is -2.52. The summed E-state index contributed by atoms with van der Waals surface area (Å²) in [5.41, 5.74) is 2.93. The predicted molar refractivity (Wildman–Crippen MR) is 129 cm³/mol. The summed E-state index contributed by atoms with van der Waals surface area (Å²) in [7, 11) is 0. The molecule has 0 unspecified atom stereocenters. The molecule has 0 bridgehead atoms. The number of aromatic nitrogens is 1. The van der Waals surface area contributed by atoms with Crippen molar-refractivity contribution in [1.29, 1.82) is 0 Å². The first-order valence-corrected chi connectivity index (χ1v) is 11.8. The van der Waals surface area contributed by atoms with E-state index in [9.17, 15) is 9.90 Å². The van der Waals surface area contributed by atoms with Crippen LogP contribution >= 0.6 is 11.3 Å². The molecule has 2 N–H and O–H groups in total. The number of piperazine rings is 1. The summed E-state index contributed by atoms with van der Waals surface area (Å²) < 4.78 is 6.93. The largest absolute Gasteiger partial charge is 0.491 e. The lowest BCUT2D eigenvalue weighted by molar-refractivity contribution is -0.117. The Balaban J connectivity index is 1.16. The number of nitrogens with zero attached hydrogens (tertiary/aromatic N) is 3. The summed E-state index contributed by atoms with van der Waals surface area (Å²) in [4.78, 5) is 21.1. The molecule has 1 fully saturated rings. The van der Waals surface area contributed by atoms with Gasteiger partial charge in [-0.05, 0) is 38.1 Å². The number of rotatable bonds is 8. The van der Waals surface area contributed by atoms with Crippen LogP contribution in [0.1, 0.15) is 10.6 Å². The van der Waals surface area contributed by atoms with Crippen molar-refractivity contribution in [2.24, 2.45) is 0 Å². The smallest absolute Gasteiger partial charge is 0.238 e. The molecule has 3 aromatic rings. The molecule has 1 atom stereocenters. The van der Waals surface area contributed by atoms with Gasteiger partial charge in [-0.25, -0.2) is 4.98 Å². The van der Waals surface area contributed by atoms with E-state index in [0.29, 0.717) is 13.1 Å². The van der Waals surface area contributed by atoms with Gasteiger partial charge >= 0.3 is 0 Å². The molecule has 1 aliphatic heterocycles. The number of hydrogen-bond donors (Lipinski definition) is 2. The summed E-state index contributed by atoms with van der Waals surface area (Å²) in [5, 5.41) is 14.4. The topological polar surface area (TPSA) is 77.9 Å². The fourth-order valence-corrected chi connectivity index (χ4v) is 4.63. The first kappa shape index (κ1) is 22.7. The number of amides is 1. The molecular formula is C24H30N4O3S. The monoisotopic (exact) mass is 454 g/mol. The van der Waals surface area contributed by atoms with E-state index in [0.717, 1.165) is 52.8 Å². The van der Waals surface area contributed by atoms with Crippen LogP contribution < -0.4 is 10.1 Å². The van der Waals surface area contributed by atoms with Crippen LogP contribution in [0.25, 0.3) is 10.2 Å². The van der Waals surface area contributed by atoms with Crippen molar-refractivity contribution in [2.75, 3.05) is 51.2 Å². The quantitative estimate of drug-likeness (QED) is 0.545. The van der Waals surface area contributed by atoms with Crippen molar-refractivity contribution in [2.45, 2.75) is 20.0 Å². The van der Waals surface area contributed by atoms with Crippen LogP contribution in [0.5, 0.6) is 5.75 Å². The molecule has 1 saturated heterocycles. The molecule has 2 aromatic carbocycles. The van der Waals surface area contributed by atoms with E-state index < -0.39 is 6.10 Å². The molecular weight excluding hydrogens is 424 g/mol. The van der Waals surface area contributed by atoms with Gasteiger partial charge < -0.3 is 15.2 Å². The summed E-state index contributed by atoms with van der Waals surface area (Å²) in [6.07, 6.45) is -0.570. The van der Waals surface area contributed by atoms with E-state index in [4.69, 9.17) is 4.74 Å². The summed E-state index contributed by atoms with van der Waals surface area (Å²) in [5.74, 6) is 0.731. The average Bonchev–Trinajstić information content (AvgIpc) is 3.14. The lowest BCUT2D eigenvalue weighted by Crippen LogP contribution is -2.50. The first-order chi connectivity index (χ1) is 15.4. The van der Waals surface area contributed by atoms with Gasteiger partial charge in [0.05, 0.1) is 21.8 Å². The van der Waals surface area contributed by atoms with Gasteiger partial charge in [-0.15, -0.1) is 11.3 Å². The number of ether oxygens (including phenoxy) is 1. The fourth-order valence-electron chi connectivity index (χ4n) is 3.83. The van der Waals surface area contributed by atoms with Gasteiger partial charge in [0.1, 0.15) is 18.5 Å². The molecule has 1 aliphatic rings. The number of hydrogen-bond acceptors (Lipinski definition) is 7. The van der Waals surface area contributed by atoms with Crippen LogP contribution in [0.2, 0.25) is 0 Å². The number of aliphatic hydroxyl groups is 1. The fraction of sp³-hybridized carbons (Fsp3) is 0.417. The molecule has 1 amide bonds. The lowest BCUT2D eigenvalue weighted by Gasteiger charge is -2.35. The molecule has 4 rings (SSSR count). The van der Waals surface area contributed by atoms with E-state index >= 15 is 0 Å². The van der Waals surface area contributed by atoms with Crippen LogP contribution in [0.4, 0.5) is 5.69 Å². The highest BCUT2D eigenvalue weighted by Gasteiger charge is 2.21. The maximum atomic E-state index is 12.3. The van der Waals surface area contributed by atoms with Gasteiger partial charge in [0, 0.05) is 44.5 Å².